The third-order valence-electron chi connectivity index (χ3n) is 9.85. The van der Waals surface area contributed by atoms with Crippen LogP contribution in [0.5, 0.6) is 11.5 Å². The molecule has 0 radical (unpaired) electrons. The van der Waals surface area contributed by atoms with Gasteiger partial charge in [0.2, 0.25) is 11.8 Å². The van der Waals surface area contributed by atoms with Gasteiger partial charge in [-0.25, -0.2) is 0 Å². The van der Waals surface area contributed by atoms with E-state index in [4.69, 9.17) is 21.1 Å². The van der Waals surface area contributed by atoms with Gasteiger partial charge in [0.1, 0.15) is 11.5 Å². The van der Waals surface area contributed by atoms with Gasteiger partial charge in [-0.05, 0) is 90.9 Å². The van der Waals surface area contributed by atoms with Crippen molar-refractivity contribution < 1.29 is 23.9 Å². The van der Waals surface area contributed by atoms with Gasteiger partial charge < -0.3 is 19.8 Å². The normalized spacial score (nSPS) is 27.0. The number of aromatic nitrogens is 1. The van der Waals surface area contributed by atoms with E-state index < -0.39 is 11.8 Å². The maximum Gasteiger partial charge on any atom is 0.305 e. The summed E-state index contributed by atoms with van der Waals surface area (Å²) in [6.45, 7) is -0.233. The number of aromatic amines is 1. The van der Waals surface area contributed by atoms with Crippen LogP contribution in [0.3, 0.4) is 0 Å². The van der Waals surface area contributed by atoms with E-state index in [9.17, 15) is 19.2 Å². The minimum absolute atomic E-state index is 0.0107. The second-order valence-electron chi connectivity index (χ2n) is 12.2. The number of ether oxygens (including phenoxy) is 2. The molecule has 13 heteroatoms. The van der Waals surface area contributed by atoms with Gasteiger partial charge in [0, 0.05) is 36.8 Å². The molecule has 4 unspecified atom stereocenters. The van der Waals surface area contributed by atoms with Crippen LogP contribution in [0.4, 0.5) is 11.4 Å². The van der Waals surface area contributed by atoms with Crippen molar-refractivity contribution in [2.75, 3.05) is 23.9 Å². The summed E-state index contributed by atoms with van der Waals surface area (Å²) < 4.78 is 12.3. The number of halogens is 2. The number of hydrogen-bond donors (Lipinski definition) is 2. The first-order valence-electron chi connectivity index (χ1n) is 15.1. The molecule has 2 bridgehead atoms. The maximum atomic E-state index is 14.1. The molecule has 2 aliphatic heterocycles. The number of amides is 3. The van der Waals surface area contributed by atoms with E-state index in [0.29, 0.717) is 27.9 Å². The lowest BCUT2D eigenvalue weighted by atomic mass is 9.68. The van der Waals surface area contributed by atoms with Crippen LogP contribution in [0.25, 0.3) is 0 Å². The van der Waals surface area contributed by atoms with Crippen molar-refractivity contribution in [1.29, 1.82) is 0 Å². The first kappa shape index (κ1) is 30.7. The van der Waals surface area contributed by atoms with Crippen LogP contribution in [-0.4, -0.2) is 41.7 Å². The van der Waals surface area contributed by atoms with Crippen LogP contribution in [0.1, 0.15) is 22.8 Å². The Bertz CT molecular complexity index is 1980. The molecule has 1 saturated heterocycles. The predicted octanol–water partition coefficient (Wildman–Crippen LogP) is 6.56. The maximum absolute atomic E-state index is 14.1. The number of carbonyl (C=O) groups is 3. The Morgan fingerprint density at radius 1 is 1.02 bits per heavy atom. The van der Waals surface area contributed by atoms with Crippen LogP contribution in [0.15, 0.2) is 81.0 Å². The number of imide groups is 1. The fraction of sp³-hybridized carbons (Fsp3) is 0.294. The van der Waals surface area contributed by atoms with Gasteiger partial charge in [-0.1, -0.05) is 38.9 Å². The van der Waals surface area contributed by atoms with Crippen molar-refractivity contribution in [2.24, 2.45) is 29.6 Å². The molecular formula is C34H27BrClN3O6S2. The fourth-order valence-corrected chi connectivity index (χ4v) is 11.5. The Hall–Kier alpha value is -3.58. The van der Waals surface area contributed by atoms with Gasteiger partial charge in [0.15, 0.2) is 6.61 Å². The molecule has 2 saturated carbocycles. The molecule has 1 aromatic heterocycles. The summed E-state index contributed by atoms with van der Waals surface area (Å²) in [6, 6.07) is 19.5. The molecule has 3 amide bonds. The van der Waals surface area contributed by atoms with Crippen LogP contribution < -0.4 is 24.6 Å². The SMILES string of the molecule is COc1ccc(N2C(=O)C3C(C2=O)[C@@H]2C[C@H]3C3Sc4[nH]c(=O)sc4[C@H](c4cc(Br)ccc4OCC(=O)Nc4ccc(Cl)cc4)C32)cc1. The number of anilines is 2. The van der Waals surface area contributed by atoms with Crippen LogP contribution >= 0.6 is 50.6 Å². The number of thiazole rings is 1. The van der Waals surface area contributed by atoms with E-state index in [1.165, 1.54) is 16.2 Å². The molecule has 2 aliphatic carbocycles. The molecule has 3 aromatic carbocycles. The Morgan fingerprint density at radius 2 is 1.74 bits per heavy atom. The number of benzene rings is 3. The van der Waals surface area contributed by atoms with Gasteiger partial charge in [0.05, 0.1) is 29.7 Å². The topological polar surface area (TPSA) is 118 Å². The predicted molar refractivity (Wildman–Crippen MR) is 184 cm³/mol. The zero-order valence-corrected chi connectivity index (χ0v) is 28.8. The van der Waals surface area contributed by atoms with Crippen molar-refractivity contribution in [3.8, 4) is 11.5 Å². The lowest BCUT2D eigenvalue weighted by Gasteiger charge is -2.43. The number of H-pyrrole nitrogens is 1. The monoisotopic (exact) mass is 751 g/mol. The van der Waals surface area contributed by atoms with E-state index in [1.807, 2.05) is 18.2 Å². The molecule has 4 aromatic rings. The largest absolute Gasteiger partial charge is 0.497 e. The summed E-state index contributed by atoms with van der Waals surface area (Å²) in [6.07, 6.45) is 0.759. The average Bonchev–Trinajstić information content (AvgIpc) is 3.80. The number of fused-ring (bicyclic) bond motifs is 9. The minimum Gasteiger partial charge on any atom is -0.497 e. The molecule has 9 nitrogen and oxygen atoms in total. The van der Waals surface area contributed by atoms with Gasteiger partial charge >= 0.3 is 4.87 Å². The standard InChI is InChI=1S/C34H27BrClN3O6S2/c1-44-19-9-7-18(8-10-19)39-32(41)27-21-13-22(28(27)33(39)42)29-26(21)25(30-31(46-29)38-34(43)47-30)20-12-15(35)2-11-23(20)45-14-24(40)37-17-5-3-16(36)4-6-17/h2-12,21-22,25-29H,13-14H2,1H3,(H,37,40)(H,38,43)/t21-,22-,25-,26?,27?,28?,29?/m1/s1. The molecule has 4 aliphatic rings. The molecule has 47 heavy (non-hydrogen) atoms. The molecule has 0 spiro atoms. The third kappa shape index (κ3) is 5.11. The molecule has 7 atom stereocenters. The molecule has 3 heterocycles. The molecule has 2 N–H and O–H groups in total. The second-order valence-corrected chi connectivity index (χ2v) is 15.8. The zero-order valence-electron chi connectivity index (χ0n) is 24.8. The van der Waals surface area contributed by atoms with E-state index in [0.717, 1.165) is 26.4 Å². The Balaban J connectivity index is 1.13. The van der Waals surface area contributed by atoms with E-state index in [2.05, 4.69) is 26.2 Å². The van der Waals surface area contributed by atoms with Crippen molar-refractivity contribution in [3.05, 3.63) is 96.3 Å². The number of thioether (sulfide) groups is 1. The lowest BCUT2D eigenvalue weighted by molar-refractivity contribution is -0.123. The van der Waals surface area contributed by atoms with Crippen LogP contribution in [-0.2, 0) is 14.4 Å². The van der Waals surface area contributed by atoms with Crippen molar-refractivity contribution in [3.63, 3.8) is 0 Å². The highest BCUT2D eigenvalue weighted by Gasteiger charge is 2.69. The van der Waals surface area contributed by atoms with Gasteiger partial charge in [-0.2, -0.15) is 0 Å². The minimum atomic E-state index is -0.446. The number of carbonyl (C=O) groups excluding carboxylic acids is 3. The number of methoxy groups -OCH3 is 1. The van der Waals surface area contributed by atoms with Gasteiger partial charge in [-0.3, -0.25) is 24.1 Å². The Labute approximate surface area is 291 Å². The van der Waals surface area contributed by atoms with Crippen molar-refractivity contribution in [2.45, 2.75) is 22.6 Å². The number of nitrogens with one attached hydrogen (secondary N) is 2. The second kappa shape index (κ2) is 11.8. The summed E-state index contributed by atoms with van der Waals surface area (Å²) in [4.78, 5) is 58.8. The van der Waals surface area contributed by atoms with E-state index in [-0.39, 0.29) is 58.1 Å². The molecule has 8 rings (SSSR count). The Morgan fingerprint density at radius 3 is 2.47 bits per heavy atom. The summed E-state index contributed by atoms with van der Waals surface area (Å²) in [7, 11) is 1.57. The van der Waals surface area contributed by atoms with E-state index >= 15 is 0 Å². The van der Waals surface area contributed by atoms with Crippen molar-refractivity contribution in [1.82, 2.24) is 4.98 Å². The summed E-state index contributed by atoms with van der Waals surface area (Å²) in [5.74, 6) is -0.752. The number of nitrogens with zero attached hydrogens (tertiary/aromatic N) is 1. The molecular weight excluding hydrogens is 726 g/mol. The highest BCUT2D eigenvalue weighted by Crippen LogP contribution is 2.69. The number of hydrogen-bond acceptors (Lipinski definition) is 8. The molecule has 3 fully saturated rings. The first-order valence-corrected chi connectivity index (χ1v) is 18.0. The zero-order chi connectivity index (χ0) is 32.6. The van der Waals surface area contributed by atoms with E-state index in [1.54, 1.807) is 67.4 Å². The van der Waals surface area contributed by atoms with Gasteiger partial charge in [0.25, 0.3) is 5.91 Å². The van der Waals surface area contributed by atoms with Crippen molar-refractivity contribution >= 4 is 79.7 Å². The van der Waals surface area contributed by atoms with Crippen LogP contribution in [0, 0.1) is 29.6 Å². The van der Waals surface area contributed by atoms with Gasteiger partial charge in [-0.15, -0.1) is 11.8 Å². The summed E-state index contributed by atoms with van der Waals surface area (Å²) in [5, 5.41) is 4.20. The summed E-state index contributed by atoms with van der Waals surface area (Å²) in [5.41, 5.74) is 1.98. The van der Waals surface area contributed by atoms with Crippen LogP contribution in [0.2, 0.25) is 5.02 Å². The highest BCUT2D eigenvalue weighted by molar-refractivity contribution is 9.10. The first-order chi connectivity index (χ1) is 22.7. The third-order valence-corrected chi connectivity index (χ3v) is 13.2. The average molecular weight is 753 g/mol. The summed E-state index contributed by atoms with van der Waals surface area (Å²) >= 11 is 12.4. The number of rotatable bonds is 7. The fourth-order valence-electron chi connectivity index (χ4n) is 8.12. The Kier molecular flexibility index (Phi) is 7.74. The highest BCUT2D eigenvalue weighted by atomic mass is 79.9. The smallest absolute Gasteiger partial charge is 0.305 e. The molecule has 240 valence electrons. The quantitative estimate of drug-likeness (QED) is 0.206. The lowest BCUT2D eigenvalue weighted by Crippen LogP contribution is -2.42.